The fourth-order valence-electron chi connectivity index (χ4n) is 0.328. The molecule has 0 aromatic heterocycles. The standard InChI is InChI=1S/C5H7N3O2/c1-4(9)8(7)5(10)2-3-6/h2,7H2,1H3. The van der Waals surface area contributed by atoms with Gasteiger partial charge in [-0.2, -0.15) is 5.26 Å². The van der Waals surface area contributed by atoms with E-state index in [1.807, 2.05) is 0 Å². The van der Waals surface area contributed by atoms with Crippen molar-refractivity contribution in [2.24, 2.45) is 5.84 Å². The van der Waals surface area contributed by atoms with Gasteiger partial charge in [0, 0.05) is 6.92 Å². The van der Waals surface area contributed by atoms with Crippen molar-refractivity contribution in [3.05, 3.63) is 0 Å². The van der Waals surface area contributed by atoms with Gasteiger partial charge in [0.05, 0.1) is 6.07 Å². The van der Waals surface area contributed by atoms with Crippen LogP contribution >= 0.6 is 0 Å². The highest BCUT2D eigenvalue weighted by atomic mass is 16.2. The number of nitrogens with zero attached hydrogens (tertiary/aromatic N) is 2. The summed E-state index contributed by atoms with van der Waals surface area (Å²) in [4.78, 5) is 20.9. The second kappa shape index (κ2) is 3.58. The Morgan fingerprint density at radius 3 is 2.50 bits per heavy atom. The molecule has 0 aliphatic carbocycles. The van der Waals surface area contributed by atoms with Gasteiger partial charge in [-0.15, -0.1) is 0 Å². The zero-order valence-corrected chi connectivity index (χ0v) is 5.50. The SMILES string of the molecule is CC(=O)N(N)C(=O)CC#N. The lowest BCUT2D eigenvalue weighted by atomic mass is 10.4. The first-order chi connectivity index (χ1) is 4.59. The Morgan fingerprint density at radius 2 is 2.20 bits per heavy atom. The molecule has 10 heavy (non-hydrogen) atoms. The Balaban J connectivity index is 3.98. The molecule has 0 bridgehead atoms. The summed E-state index contributed by atoms with van der Waals surface area (Å²) in [6, 6.07) is 1.58. The number of hydrogen-bond acceptors (Lipinski definition) is 4. The van der Waals surface area contributed by atoms with Crippen LogP contribution in [0.5, 0.6) is 0 Å². The largest absolute Gasteiger partial charge is 0.273 e. The number of rotatable bonds is 1. The van der Waals surface area contributed by atoms with E-state index in [9.17, 15) is 9.59 Å². The van der Waals surface area contributed by atoms with Gasteiger partial charge in [-0.3, -0.25) is 9.59 Å². The van der Waals surface area contributed by atoms with Crippen LogP contribution in [0.2, 0.25) is 0 Å². The van der Waals surface area contributed by atoms with Crippen molar-refractivity contribution in [2.45, 2.75) is 13.3 Å². The second-order valence-electron chi connectivity index (χ2n) is 1.62. The van der Waals surface area contributed by atoms with E-state index in [0.29, 0.717) is 5.01 Å². The van der Waals surface area contributed by atoms with Crippen molar-refractivity contribution in [1.29, 1.82) is 5.26 Å². The highest BCUT2D eigenvalue weighted by Gasteiger charge is 2.11. The van der Waals surface area contributed by atoms with Crippen LogP contribution in [0, 0.1) is 11.3 Å². The third-order valence-corrected chi connectivity index (χ3v) is 0.838. The number of carbonyl (C=O) groups excluding carboxylic acids is 2. The van der Waals surface area contributed by atoms with Gasteiger partial charge < -0.3 is 0 Å². The monoisotopic (exact) mass is 141 g/mol. The highest BCUT2D eigenvalue weighted by molar-refractivity contribution is 5.94. The number of hydrogen-bond donors (Lipinski definition) is 1. The van der Waals surface area contributed by atoms with Crippen molar-refractivity contribution < 1.29 is 9.59 Å². The average Bonchev–Trinajstić information content (AvgIpc) is 1.87. The first-order valence-electron chi connectivity index (χ1n) is 2.54. The topological polar surface area (TPSA) is 87.2 Å². The smallest absolute Gasteiger partial charge is 0.257 e. The predicted molar refractivity (Wildman–Crippen MR) is 31.9 cm³/mol. The van der Waals surface area contributed by atoms with E-state index in [1.54, 1.807) is 6.07 Å². The van der Waals surface area contributed by atoms with Crippen LogP contribution < -0.4 is 5.84 Å². The normalized spacial score (nSPS) is 8.10. The fraction of sp³-hybridized carbons (Fsp3) is 0.400. The van der Waals surface area contributed by atoms with Crippen LogP contribution in [0.4, 0.5) is 0 Å². The maximum absolute atomic E-state index is 10.5. The van der Waals surface area contributed by atoms with Crippen LogP contribution in [0.25, 0.3) is 0 Å². The number of hydrazine groups is 1. The molecule has 0 aliphatic heterocycles. The Kier molecular flexibility index (Phi) is 3.08. The number of imide groups is 1. The van der Waals surface area contributed by atoms with E-state index in [0.717, 1.165) is 6.92 Å². The van der Waals surface area contributed by atoms with Gasteiger partial charge in [0.25, 0.3) is 5.91 Å². The van der Waals surface area contributed by atoms with Crippen LogP contribution in [0.1, 0.15) is 13.3 Å². The molecule has 0 fully saturated rings. The molecule has 0 aromatic rings. The quantitative estimate of drug-likeness (QED) is 0.292. The number of nitrogens with two attached hydrogens (primary N) is 1. The third-order valence-electron chi connectivity index (χ3n) is 0.838. The molecule has 0 aliphatic rings. The maximum atomic E-state index is 10.5. The summed E-state index contributed by atoms with van der Waals surface area (Å²) in [7, 11) is 0. The third kappa shape index (κ3) is 2.24. The van der Waals surface area contributed by atoms with E-state index in [4.69, 9.17) is 11.1 Å². The van der Waals surface area contributed by atoms with Crippen molar-refractivity contribution in [2.75, 3.05) is 0 Å². The Bertz CT molecular complexity index is 194. The van der Waals surface area contributed by atoms with Crippen LogP contribution in [0.3, 0.4) is 0 Å². The van der Waals surface area contributed by atoms with Crippen molar-refractivity contribution in [1.82, 2.24) is 5.01 Å². The van der Waals surface area contributed by atoms with Crippen LogP contribution in [-0.2, 0) is 9.59 Å². The molecule has 0 spiro atoms. The van der Waals surface area contributed by atoms with Gasteiger partial charge in [0.15, 0.2) is 0 Å². The van der Waals surface area contributed by atoms with Gasteiger partial charge >= 0.3 is 0 Å². The first kappa shape index (κ1) is 8.59. The van der Waals surface area contributed by atoms with Crippen LogP contribution in [-0.4, -0.2) is 16.8 Å². The van der Waals surface area contributed by atoms with Crippen molar-refractivity contribution >= 4 is 11.8 Å². The van der Waals surface area contributed by atoms with Crippen LogP contribution in [0.15, 0.2) is 0 Å². The zero-order valence-electron chi connectivity index (χ0n) is 5.50. The molecule has 0 saturated heterocycles. The van der Waals surface area contributed by atoms with Crippen molar-refractivity contribution in [3.63, 3.8) is 0 Å². The fourth-order valence-corrected chi connectivity index (χ4v) is 0.328. The van der Waals surface area contributed by atoms with E-state index < -0.39 is 11.8 Å². The van der Waals surface area contributed by atoms with Gasteiger partial charge in [-0.1, -0.05) is 0 Å². The van der Waals surface area contributed by atoms with Gasteiger partial charge in [-0.25, -0.2) is 10.9 Å². The Morgan fingerprint density at radius 1 is 1.70 bits per heavy atom. The summed E-state index contributed by atoms with van der Waals surface area (Å²) < 4.78 is 0. The highest BCUT2D eigenvalue weighted by Crippen LogP contribution is 1.85. The number of carbonyl (C=O) groups is 2. The Hall–Kier alpha value is -1.41. The number of amides is 2. The van der Waals surface area contributed by atoms with Crippen molar-refractivity contribution in [3.8, 4) is 6.07 Å². The lowest BCUT2D eigenvalue weighted by Gasteiger charge is -2.08. The van der Waals surface area contributed by atoms with Gasteiger partial charge in [0.2, 0.25) is 5.91 Å². The summed E-state index contributed by atoms with van der Waals surface area (Å²) in [5, 5.41) is 8.42. The molecule has 5 nitrogen and oxygen atoms in total. The van der Waals surface area contributed by atoms with E-state index in [1.165, 1.54) is 0 Å². The predicted octanol–water partition coefficient (Wildman–Crippen LogP) is -0.851. The van der Waals surface area contributed by atoms with Gasteiger partial charge in [-0.05, 0) is 0 Å². The molecule has 0 saturated carbocycles. The molecular formula is C5H7N3O2. The zero-order chi connectivity index (χ0) is 8.15. The molecule has 0 rings (SSSR count). The minimum Gasteiger partial charge on any atom is -0.273 e. The summed E-state index contributed by atoms with van der Waals surface area (Å²) in [5.74, 6) is 3.67. The molecule has 2 amide bonds. The Labute approximate surface area is 58.0 Å². The van der Waals surface area contributed by atoms with E-state index in [-0.39, 0.29) is 6.42 Å². The average molecular weight is 141 g/mol. The minimum absolute atomic E-state index is 0.365. The molecular weight excluding hydrogens is 134 g/mol. The van der Waals surface area contributed by atoms with Gasteiger partial charge in [0.1, 0.15) is 6.42 Å². The number of nitriles is 1. The maximum Gasteiger partial charge on any atom is 0.257 e. The summed E-state index contributed by atoms with van der Waals surface area (Å²) in [6.45, 7) is 1.15. The molecule has 54 valence electrons. The summed E-state index contributed by atoms with van der Waals surface area (Å²) in [5.41, 5.74) is 0. The van der Waals surface area contributed by atoms with E-state index >= 15 is 0 Å². The van der Waals surface area contributed by atoms with E-state index in [2.05, 4.69) is 0 Å². The minimum atomic E-state index is -0.685. The molecule has 2 N–H and O–H groups in total. The molecule has 0 atom stereocenters. The second-order valence-corrected chi connectivity index (χ2v) is 1.62. The first-order valence-corrected chi connectivity index (χ1v) is 2.54. The summed E-state index contributed by atoms with van der Waals surface area (Å²) >= 11 is 0. The molecule has 0 aromatic carbocycles. The molecule has 0 unspecified atom stereocenters. The lowest BCUT2D eigenvalue weighted by molar-refractivity contribution is -0.143. The molecule has 0 heterocycles. The molecule has 0 radical (unpaired) electrons. The molecule has 5 heteroatoms. The lowest BCUT2D eigenvalue weighted by Crippen LogP contribution is -2.40. The summed E-state index contributed by atoms with van der Waals surface area (Å²) in [6.07, 6.45) is -0.365.